The Labute approximate surface area is 97.7 Å². The maximum Gasteiger partial charge on any atom is 0.167 e. The first-order valence-corrected chi connectivity index (χ1v) is 9.17. The lowest BCUT2D eigenvalue weighted by Gasteiger charge is -2.28. The first kappa shape index (κ1) is 11.0. The van der Waals surface area contributed by atoms with E-state index >= 15 is 0 Å². The Hall–Kier alpha value is -0.533. The van der Waals surface area contributed by atoms with Gasteiger partial charge in [0.05, 0.1) is 0 Å². The summed E-state index contributed by atoms with van der Waals surface area (Å²) in [6.07, 6.45) is 4.55. The van der Waals surface area contributed by atoms with Gasteiger partial charge in [0.1, 0.15) is 0 Å². The van der Waals surface area contributed by atoms with Crippen LogP contribution in [0.15, 0.2) is 30.3 Å². The number of rotatable bonds is 3. The fourth-order valence-corrected chi connectivity index (χ4v) is 5.60. The van der Waals surface area contributed by atoms with Crippen LogP contribution in [0.4, 0.5) is 0 Å². The number of hydrogen-bond acceptors (Lipinski definition) is 0. The molecule has 2 rings (SSSR count). The summed E-state index contributed by atoms with van der Waals surface area (Å²) in [5.41, 5.74) is 3.33. The van der Waals surface area contributed by atoms with E-state index in [4.69, 9.17) is 11.1 Å². The highest BCUT2D eigenvalue weighted by molar-refractivity contribution is 7.21. The van der Waals surface area contributed by atoms with Crippen molar-refractivity contribution in [3.63, 3.8) is 0 Å². The summed E-state index contributed by atoms with van der Waals surface area (Å²) in [5.74, 6) is 0. The zero-order valence-corrected chi connectivity index (χ0v) is 11.1. The van der Waals surface area contributed by atoms with E-state index in [-0.39, 0.29) is 0 Å². The van der Waals surface area contributed by atoms with E-state index in [1.165, 1.54) is 11.1 Å². The molecule has 0 heterocycles. The van der Waals surface area contributed by atoms with E-state index in [0.717, 1.165) is 12.1 Å². The summed E-state index contributed by atoms with van der Waals surface area (Å²) < 4.78 is 0. The summed E-state index contributed by atoms with van der Waals surface area (Å²) in [7, 11) is -1.63. The average Bonchev–Trinajstić information content (AvgIpc) is 2.72. The summed E-state index contributed by atoms with van der Waals surface area (Å²) in [6.45, 7) is 4.47. The van der Waals surface area contributed by atoms with E-state index in [1.807, 2.05) is 0 Å². The van der Waals surface area contributed by atoms with Gasteiger partial charge in [-0.05, 0) is 23.2 Å². The molecule has 80 valence electrons. The van der Waals surface area contributed by atoms with Crippen molar-refractivity contribution < 1.29 is 0 Å². The van der Waals surface area contributed by atoms with Crippen molar-refractivity contribution in [3.8, 4) is 0 Å². The van der Waals surface area contributed by atoms with Gasteiger partial charge in [-0.2, -0.15) is 11.1 Å². The van der Waals surface area contributed by atoms with Gasteiger partial charge in [0.25, 0.3) is 0 Å². The first-order valence-electron chi connectivity index (χ1n) is 5.67. The Morgan fingerprint density at radius 2 is 1.87 bits per heavy atom. The van der Waals surface area contributed by atoms with Crippen molar-refractivity contribution in [3.05, 3.63) is 41.5 Å². The molecule has 1 aliphatic rings. The molecule has 0 spiro atoms. The van der Waals surface area contributed by atoms with Crippen LogP contribution >= 0.6 is 11.1 Å². The zero-order chi connectivity index (χ0) is 10.9. The minimum atomic E-state index is -1.63. The molecule has 1 unspecified atom stereocenters. The van der Waals surface area contributed by atoms with Gasteiger partial charge in [0.15, 0.2) is 7.38 Å². The van der Waals surface area contributed by atoms with Crippen molar-refractivity contribution in [1.82, 2.24) is 0 Å². The second-order valence-electron chi connectivity index (χ2n) is 4.21. The summed E-state index contributed by atoms with van der Waals surface area (Å²) in [4.78, 5) is 0. The molecular formula is C13H17ClSi. The molecule has 0 N–H and O–H groups in total. The molecular weight excluding hydrogens is 220 g/mol. The smallest absolute Gasteiger partial charge is 0.166 e. The van der Waals surface area contributed by atoms with Gasteiger partial charge in [-0.25, -0.2) is 0 Å². The lowest BCUT2D eigenvalue weighted by atomic mass is 10.1. The minimum absolute atomic E-state index is 0.519. The number of allylic oxidation sites excluding steroid dienone is 1. The van der Waals surface area contributed by atoms with Crippen molar-refractivity contribution in [2.75, 3.05) is 0 Å². The Kier molecular flexibility index (Phi) is 3.03. The molecule has 0 nitrogen and oxygen atoms in total. The van der Waals surface area contributed by atoms with Crippen LogP contribution in [0.5, 0.6) is 0 Å². The number of halogens is 1. The van der Waals surface area contributed by atoms with Gasteiger partial charge in [0.2, 0.25) is 0 Å². The fourth-order valence-electron chi connectivity index (χ4n) is 2.39. The number of hydrogen-bond donors (Lipinski definition) is 0. The normalized spacial score (nSPS) is 19.3. The maximum atomic E-state index is 6.83. The highest BCUT2D eigenvalue weighted by Crippen LogP contribution is 2.42. The van der Waals surface area contributed by atoms with Gasteiger partial charge in [-0.1, -0.05) is 50.3 Å². The predicted molar refractivity (Wildman–Crippen MR) is 70.8 cm³/mol. The van der Waals surface area contributed by atoms with E-state index in [9.17, 15) is 0 Å². The molecule has 1 aromatic rings. The van der Waals surface area contributed by atoms with E-state index < -0.39 is 7.38 Å². The van der Waals surface area contributed by atoms with E-state index in [2.05, 4.69) is 50.3 Å². The maximum absolute atomic E-state index is 6.83. The number of fused-ring (bicyclic) bond motifs is 1. The summed E-state index contributed by atoms with van der Waals surface area (Å²) >= 11 is 6.83. The van der Waals surface area contributed by atoms with Gasteiger partial charge >= 0.3 is 0 Å². The molecule has 1 aliphatic carbocycles. The SMILES string of the molecule is CC[Si](Cl)(CC)C1C=Cc2ccccc21. The molecule has 1 aromatic carbocycles. The van der Waals surface area contributed by atoms with Crippen LogP contribution in [0.2, 0.25) is 12.1 Å². The molecule has 0 aliphatic heterocycles. The second-order valence-corrected chi connectivity index (χ2v) is 10.6. The zero-order valence-electron chi connectivity index (χ0n) is 9.33. The Morgan fingerprint density at radius 3 is 2.53 bits per heavy atom. The van der Waals surface area contributed by atoms with Gasteiger partial charge in [-0.15, -0.1) is 0 Å². The van der Waals surface area contributed by atoms with Crippen LogP contribution in [0, 0.1) is 0 Å². The highest BCUT2D eigenvalue weighted by atomic mass is 35.6. The average molecular weight is 237 g/mol. The summed E-state index contributed by atoms with van der Waals surface area (Å²) in [6, 6.07) is 10.9. The van der Waals surface area contributed by atoms with E-state index in [1.54, 1.807) is 0 Å². The van der Waals surface area contributed by atoms with Gasteiger partial charge in [0, 0.05) is 5.54 Å². The van der Waals surface area contributed by atoms with E-state index in [0.29, 0.717) is 5.54 Å². The molecule has 0 bridgehead atoms. The third-order valence-electron chi connectivity index (χ3n) is 3.53. The second kappa shape index (κ2) is 4.15. The predicted octanol–water partition coefficient (Wildman–Crippen LogP) is 4.56. The lowest BCUT2D eigenvalue weighted by Crippen LogP contribution is -2.32. The summed E-state index contributed by atoms with van der Waals surface area (Å²) in [5, 5.41) is 0. The lowest BCUT2D eigenvalue weighted by molar-refractivity contribution is 1.11. The third kappa shape index (κ3) is 1.79. The molecule has 0 saturated heterocycles. The molecule has 1 atom stereocenters. The van der Waals surface area contributed by atoms with Crippen LogP contribution in [0.25, 0.3) is 6.08 Å². The topological polar surface area (TPSA) is 0 Å². The van der Waals surface area contributed by atoms with Crippen molar-refractivity contribution in [2.24, 2.45) is 0 Å². The first-order chi connectivity index (χ1) is 7.21. The largest absolute Gasteiger partial charge is 0.167 e. The minimum Gasteiger partial charge on any atom is -0.166 e. The van der Waals surface area contributed by atoms with Crippen LogP contribution in [-0.2, 0) is 0 Å². The van der Waals surface area contributed by atoms with Crippen molar-refractivity contribution in [2.45, 2.75) is 31.5 Å². The standard InChI is InChI=1S/C13H17ClSi/c1-3-15(14,4-2)13-10-9-11-7-5-6-8-12(11)13/h5-10,13H,3-4H2,1-2H3. The van der Waals surface area contributed by atoms with Crippen molar-refractivity contribution in [1.29, 1.82) is 0 Å². The molecule has 0 amide bonds. The van der Waals surface area contributed by atoms with Crippen molar-refractivity contribution >= 4 is 24.5 Å². The molecule has 0 fully saturated rings. The quantitative estimate of drug-likeness (QED) is 0.533. The Bertz CT molecular complexity index is 380. The molecule has 0 radical (unpaired) electrons. The van der Waals surface area contributed by atoms with Crippen LogP contribution in [-0.4, -0.2) is 7.38 Å². The van der Waals surface area contributed by atoms with Crippen LogP contribution < -0.4 is 0 Å². The monoisotopic (exact) mass is 236 g/mol. The third-order valence-corrected chi connectivity index (χ3v) is 9.81. The Balaban J connectivity index is 2.39. The fraction of sp³-hybridized carbons (Fsp3) is 0.385. The molecule has 0 aromatic heterocycles. The molecule has 15 heavy (non-hydrogen) atoms. The number of benzene rings is 1. The molecule has 0 saturated carbocycles. The highest BCUT2D eigenvalue weighted by Gasteiger charge is 2.38. The van der Waals surface area contributed by atoms with Crippen LogP contribution in [0.1, 0.15) is 30.5 Å². The van der Waals surface area contributed by atoms with Crippen LogP contribution in [0.3, 0.4) is 0 Å². The van der Waals surface area contributed by atoms with Gasteiger partial charge < -0.3 is 0 Å². The van der Waals surface area contributed by atoms with Gasteiger partial charge in [-0.3, -0.25) is 0 Å². The Morgan fingerprint density at radius 1 is 1.20 bits per heavy atom. The molecule has 2 heteroatoms.